The van der Waals surface area contributed by atoms with Gasteiger partial charge in [0.15, 0.2) is 0 Å². The number of amides is 2. The van der Waals surface area contributed by atoms with Crippen molar-refractivity contribution in [2.24, 2.45) is 0 Å². The van der Waals surface area contributed by atoms with Gasteiger partial charge in [-0.05, 0) is 18.2 Å². The molecule has 140 valence electrons. The van der Waals surface area contributed by atoms with Crippen molar-refractivity contribution in [2.75, 3.05) is 43.6 Å². The molecule has 6 nitrogen and oxygen atoms in total. The van der Waals surface area contributed by atoms with Gasteiger partial charge in [-0.2, -0.15) is 11.8 Å². The first-order valence-corrected chi connectivity index (χ1v) is 9.31. The molecule has 0 saturated carbocycles. The van der Waals surface area contributed by atoms with Crippen LogP contribution in [-0.2, 0) is 9.53 Å². The molecule has 1 fully saturated rings. The van der Waals surface area contributed by atoms with E-state index >= 15 is 0 Å². The van der Waals surface area contributed by atoms with E-state index in [1.54, 1.807) is 25.3 Å². The molecule has 1 heterocycles. The quantitative estimate of drug-likeness (QED) is 0.603. The average molecular weight is 408 g/mol. The van der Waals surface area contributed by atoms with Crippen LogP contribution in [0.1, 0.15) is 16.8 Å². The SMILES string of the molecule is COCCNC(=O)c1ccc(NC(=O)CC2CSCCN2)cc1Cl.Cl. The summed E-state index contributed by atoms with van der Waals surface area (Å²) in [5.74, 6) is 1.69. The lowest BCUT2D eigenvalue weighted by Gasteiger charge is -2.22. The van der Waals surface area contributed by atoms with E-state index < -0.39 is 0 Å². The Morgan fingerprint density at radius 3 is 2.88 bits per heavy atom. The smallest absolute Gasteiger partial charge is 0.252 e. The molecule has 2 amide bonds. The number of nitrogens with one attached hydrogen (secondary N) is 3. The first-order valence-electron chi connectivity index (χ1n) is 7.78. The summed E-state index contributed by atoms with van der Waals surface area (Å²) in [6.45, 7) is 1.78. The lowest BCUT2D eigenvalue weighted by atomic mass is 10.1. The Bertz CT molecular complexity index is 584. The van der Waals surface area contributed by atoms with Crippen molar-refractivity contribution in [3.8, 4) is 0 Å². The van der Waals surface area contributed by atoms with Crippen molar-refractivity contribution in [1.29, 1.82) is 0 Å². The molecule has 0 aromatic heterocycles. The molecule has 1 aromatic rings. The number of carbonyl (C=O) groups excluding carboxylic acids is 2. The predicted octanol–water partition coefficient (Wildman–Crippen LogP) is 2.17. The largest absolute Gasteiger partial charge is 0.383 e. The molecule has 1 aromatic carbocycles. The fourth-order valence-electron chi connectivity index (χ4n) is 2.33. The fraction of sp³-hybridized carbons (Fsp3) is 0.500. The predicted molar refractivity (Wildman–Crippen MR) is 105 cm³/mol. The van der Waals surface area contributed by atoms with Crippen LogP contribution < -0.4 is 16.0 Å². The van der Waals surface area contributed by atoms with Crippen LogP contribution >= 0.6 is 35.8 Å². The summed E-state index contributed by atoms with van der Waals surface area (Å²) in [4.78, 5) is 24.1. The van der Waals surface area contributed by atoms with Crippen LogP contribution in [0.25, 0.3) is 0 Å². The molecule has 1 atom stereocenters. The van der Waals surface area contributed by atoms with Gasteiger partial charge in [0.2, 0.25) is 5.91 Å². The summed E-state index contributed by atoms with van der Waals surface area (Å²) in [5.41, 5.74) is 0.956. The zero-order valence-electron chi connectivity index (χ0n) is 14.0. The Kier molecular flexibility index (Phi) is 10.2. The van der Waals surface area contributed by atoms with E-state index in [0.717, 1.165) is 18.1 Å². The zero-order valence-corrected chi connectivity index (χ0v) is 16.4. The normalized spacial score (nSPS) is 16.6. The number of hydrogen-bond donors (Lipinski definition) is 3. The van der Waals surface area contributed by atoms with Gasteiger partial charge in [0, 0.05) is 49.9 Å². The molecular weight excluding hydrogens is 385 g/mol. The molecule has 0 spiro atoms. The van der Waals surface area contributed by atoms with Crippen molar-refractivity contribution < 1.29 is 14.3 Å². The number of halogens is 2. The molecule has 1 saturated heterocycles. The van der Waals surface area contributed by atoms with Gasteiger partial charge in [0.25, 0.3) is 5.91 Å². The Morgan fingerprint density at radius 2 is 2.24 bits per heavy atom. The summed E-state index contributed by atoms with van der Waals surface area (Å²) in [7, 11) is 1.57. The van der Waals surface area contributed by atoms with Crippen LogP contribution in [0.15, 0.2) is 18.2 Å². The molecule has 1 aliphatic heterocycles. The topological polar surface area (TPSA) is 79.5 Å². The van der Waals surface area contributed by atoms with Gasteiger partial charge in [0.1, 0.15) is 0 Å². The Hall–Kier alpha value is -0.990. The first-order chi connectivity index (χ1) is 11.6. The van der Waals surface area contributed by atoms with Crippen LogP contribution in [0.5, 0.6) is 0 Å². The summed E-state index contributed by atoms with van der Waals surface area (Å²) < 4.78 is 4.88. The highest BCUT2D eigenvalue weighted by atomic mass is 35.5. The lowest BCUT2D eigenvalue weighted by Crippen LogP contribution is -2.39. The summed E-state index contributed by atoms with van der Waals surface area (Å²) in [6, 6.07) is 5.07. The van der Waals surface area contributed by atoms with Crippen molar-refractivity contribution >= 4 is 53.3 Å². The molecule has 0 aliphatic carbocycles. The first kappa shape index (κ1) is 22.1. The Balaban J connectivity index is 0.00000312. The van der Waals surface area contributed by atoms with E-state index in [-0.39, 0.29) is 30.3 Å². The van der Waals surface area contributed by atoms with E-state index in [1.165, 1.54) is 0 Å². The van der Waals surface area contributed by atoms with Gasteiger partial charge < -0.3 is 20.7 Å². The number of rotatable bonds is 7. The third kappa shape index (κ3) is 7.42. The van der Waals surface area contributed by atoms with Crippen LogP contribution in [-0.4, -0.2) is 56.2 Å². The van der Waals surface area contributed by atoms with E-state index in [4.69, 9.17) is 16.3 Å². The van der Waals surface area contributed by atoms with Crippen molar-refractivity contribution in [2.45, 2.75) is 12.5 Å². The second-order valence-corrected chi connectivity index (χ2v) is 6.98. The molecule has 0 radical (unpaired) electrons. The number of carbonyl (C=O) groups is 2. The number of thioether (sulfide) groups is 1. The van der Waals surface area contributed by atoms with Crippen molar-refractivity contribution in [1.82, 2.24) is 10.6 Å². The minimum atomic E-state index is -0.265. The summed E-state index contributed by atoms with van der Waals surface area (Å²) >= 11 is 8.00. The van der Waals surface area contributed by atoms with E-state index in [0.29, 0.717) is 35.8 Å². The van der Waals surface area contributed by atoms with E-state index in [9.17, 15) is 9.59 Å². The number of benzene rings is 1. The second-order valence-electron chi connectivity index (χ2n) is 5.42. The number of anilines is 1. The summed E-state index contributed by atoms with van der Waals surface area (Å²) in [6.07, 6.45) is 0.421. The fourth-order valence-corrected chi connectivity index (χ4v) is 3.54. The number of ether oxygens (including phenoxy) is 1. The molecule has 3 N–H and O–H groups in total. The van der Waals surface area contributed by atoms with E-state index in [1.807, 2.05) is 11.8 Å². The minimum Gasteiger partial charge on any atom is -0.383 e. The van der Waals surface area contributed by atoms with Gasteiger partial charge in [-0.25, -0.2) is 0 Å². The third-order valence-corrected chi connectivity index (χ3v) is 4.96. The highest BCUT2D eigenvalue weighted by molar-refractivity contribution is 7.99. The van der Waals surface area contributed by atoms with Gasteiger partial charge in [-0.15, -0.1) is 12.4 Å². The maximum absolute atomic E-state index is 12.1. The van der Waals surface area contributed by atoms with Crippen LogP contribution in [0.2, 0.25) is 5.02 Å². The van der Waals surface area contributed by atoms with Crippen LogP contribution in [0.4, 0.5) is 5.69 Å². The minimum absolute atomic E-state index is 0. The van der Waals surface area contributed by atoms with Crippen molar-refractivity contribution in [3.05, 3.63) is 28.8 Å². The zero-order chi connectivity index (χ0) is 17.4. The molecular formula is C16H23Cl2N3O3S. The average Bonchev–Trinajstić information content (AvgIpc) is 2.56. The number of hydrogen-bond acceptors (Lipinski definition) is 5. The summed E-state index contributed by atoms with van der Waals surface area (Å²) in [5, 5.41) is 9.16. The molecule has 2 rings (SSSR count). The van der Waals surface area contributed by atoms with Crippen LogP contribution in [0, 0.1) is 0 Å². The van der Waals surface area contributed by atoms with Gasteiger partial charge >= 0.3 is 0 Å². The van der Waals surface area contributed by atoms with Gasteiger partial charge in [-0.1, -0.05) is 11.6 Å². The maximum Gasteiger partial charge on any atom is 0.252 e. The Labute approximate surface area is 163 Å². The van der Waals surface area contributed by atoms with Crippen molar-refractivity contribution in [3.63, 3.8) is 0 Å². The highest BCUT2D eigenvalue weighted by Gasteiger charge is 2.17. The molecule has 9 heteroatoms. The van der Waals surface area contributed by atoms with Gasteiger partial charge in [0.05, 0.1) is 17.2 Å². The second kappa shape index (κ2) is 11.6. The number of methoxy groups -OCH3 is 1. The molecule has 0 bridgehead atoms. The van der Waals surface area contributed by atoms with E-state index in [2.05, 4.69) is 16.0 Å². The standard InChI is InChI=1S/C16H22ClN3O3S.ClH/c1-23-6-4-19-16(22)13-3-2-11(8-14(13)17)20-15(21)9-12-10-24-7-5-18-12;/h2-3,8,12,18H,4-7,9-10H2,1H3,(H,19,22)(H,20,21);1H. The Morgan fingerprint density at radius 1 is 1.44 bits per heavy atom. The maximum atomic E-state index is 12.1. The van der Waals surface area contributed by atoms with Crippen LogP contribution in [0.3, 0.4) is 0 Å². The lowest BCUT2D eigenvalue weighted by molar-refractivity contribution is -0.116. The molecule has 1 unspecified atom stereocenters. The highest BCUT2D eigenvalue weighted by Crippen LogP contribution is 2.21. The van der Waals surface area contributed by atoms with Gasteiger partial charge in [-0.3, -0.25) is 9.59 Å². The monoisotopic (exact) mass is 407 g/mol. The molecule has 1 aliphatic rings. The molecule has 25 heavy (non-hydrogen) atoms. The third-order valence-electron chi connectivity index (χ3n) is 3.52.